The van der Waals surface area contributed by atoms with Crippen LogP contribution in [0.2, 0.25) is 0 Å². The smallest absolute Gasteiger partial charge is 0.251 e. The number of aromatic nitrogens is 2. The highest BCUT2D eigenvalue weighted by atomic mass is 16.5. The van der Waals surface area contributed by atoms with Crippen molar-refractivity contribution in [2.24, 2.45) is 5.92 Å². The predicted molar refractivity (Wildman–Crippen MR) is 117 cm³/mol. The summed E-state index contributed by atoms with van der Waals surface area (Å²) in [5.41, 5.74) is 3.24. The van der Waals surface area contributed by atoms with E-state index in [1.165, 1.54) is 0 Å². The van der Waals surface area contributed by atoms with E-state index in [9.17, 15) is 4.79 Å². The summed E-state index contributed by atoms with van der Waals surface area (Å²) in [5.74, 6) is 0.849. The fourth-order valence-electron chi connectivity index (χ4n) is 4.19. The molecular weight excluding hydrogens is 390 g/mol. The van der Waals surface area contributed by atoms with Gasteiger partial charge in [0, 0.05) is 36.7 Å². The number of nitrogens with one attached hydrogen (secondary N) is 1. The number of pyridine rings is 1. The molecule has 4 aromatic rings. The average molecular weight is 413 g/mol. The number of rotatable bonds is 5. The lowest BCUT2D eigenvalue weighted by Crippen LogP contribution is -2.36. The van der Waals surface area contributed by atoms with Crippen LogP contribution < -0.4 is 5.32 Å². The molecule has 0 spiro atoms. The first-order chi connectivity index (χ1) is 15.3. The zero-order valence-corrected chi connectivity index (χ0v) is 17.0. The molecule has 1 aliphatic rings. The fraction of sp³-hybridized carbons (Fsp3) is 0.240. The van der Waals surface area contributed by atoms with Crippen LogP contribution in [0.3, 0.4) is 0 Å². The van der Waals surface area contributed by atoms with E-state index in [0.29, 0.717) is 30.5 Å². The number of carbonyl (C=O) groups excluding carboxylic acids is 1. The van der Waals surface area contributed by atoms with Crippen LogP contribution in [0.5, 0.6) is 0 Å². The van der Waals surface area contributed by atoms with Crippen molar-refractivity contribution in [3.63, 3.8) is 0 Å². The SMILES string of the molecule is O=C(NC(c1cccnc1)C1CCOCC1)c1ccc2noc(-c3ccccc3)c2c1. The summed E-state index contributed by atoms with van der Waals surface area (Å²) in [6.07, 6.45) is 5.39. The van der Waals surface area contributed by atoms with E-state index >= 15 is 0 Å². The van der Waals surface area contributed by atoms with Gasteiger partial charge >= 0.3 is 0 Å². The number of hydrogen-bond donors (Lipinski definition) is 1. The summed E-state index contributed by atoms with van der Waals surface area (Å²) >= 11 is 0. The van der Waals surface area contributed by atoms with Crippen LogP contribution in [-0.2, 0) is 4.74 Å². The summed E-state index contributed by atoms with van der Waals surface area (Å²) in [4.78, 5) is 17.5. The molecule has 1 fully saturated rings. The average Bonchev–Trinajstić information content (AvgIpc) is 3.27. The van der Waals surface area contributed by atoms with Gasteiger partial charge in [-0.25, -0.2) is 0 Å². The Labute approximate surface area is 180 Å². The number of benzene rings is 2. The second-order valence-corrected chi connectivity index (χ2v) is 7.80. The molecule has 1 atom stereocenters. The van der Waals surface area contributed by atoms with Gasteiger partial charge in [0.25, 0.3) is 5.91 Å². The van der Waals surface area contributed by atoms with Crippen molar-refractivity contribution in [1.82, 2.24) is 15.5 Å². The van der Waals surface area contributed by atoms with E-state index in [1.54, 1.807) is 12.3 Å². The van der Waals surface area contributed by atoms with Crippen molar-refractivity contribution < 1.29 is 14.1 Å². The third kappa shape index (κ3) is 4.07. The topological polar surface area (TPSA) is 77.2 Å². The summed E-state index contributed by atoms with van der Waals surface area (Å²) in [7, 11) is 0. The molecule has 156 valence electrons. The molecule has 1 N–H and O–H groups in total. The summed E-state index contributed by atoms with van der Waals surface area (Å²) in [6, 6.07) is 19.1. The van der Waals surface area contributed by atoms with E-state index < -0.39 is 0 Å². The molecule has 31 heavy (non-hydrogen) atoms. The van der Waals surface area contributed by atoms with Crippen molar-refractivity contribution >= 4 is 16.8 Å². The molecule has 3 heterocycles. The highest BCUT2D eigenvalue weighted by Gasteiger charge is 2.27. The van der Waals surface area contributed by atoms with E-state index in [0.717, 1.165) is 34.9 Å². The van der Waals surface area contributed by atoms with Crippen molar-refractivity contribution in [3.8, 4) is 11.3 Å². The molecule has 0 saturated carbocycles. The van der Waals surface area contributed by atoms with Crippen LogP contribution in [0, 0.1) is 5.92 Å². The zero-order chi connectivity index (χ0) is 21.0. The van der Waals surface area contributed by atoms with Gasteiger partial charge in [-0.2, -0.15) is 0 Å². The van der Waals surface area contributed by atoms with Crippen LogP contribution >= 0.6 is 0 Å². The first-order valence-corrected chi connectivity index (χ1v) is 10.5. The van der Waals surface area contributed by atoms with Crippen LogP contribution in [-0.4, -0.2) is 29.3 Å². The molecule has 5 rings (SSSR count). The van der Waals surface area contributed by atoms with E-state index in [-0.39, 0.29) is 11.9 Å². The third-order valence-corrected chi connectivity index (χ3v) is 5.84. The first kappa shape index (κ1) is 19.5. The maximum atomic E-state index is 13.3. The van der Waals surface area contributed by atoms with Crippen molar-refractivity contribution in [2.75, 3.05) is 13.2 Å². The first-order valence-electron chi connectivity index (χ1n) is 10.5. The van der Waals surface area contributed by atoms with Gasteiger partial charge in [-0.1, -0.05) is 41.6 Å². The molecule has 2 aromatic carbocycles. The Morgan fingerprint density at radius 1 is 1.03 bits per heavy atom. The molecule has 1 saturated heterocycles. The van der Waals surface area contributed by atoms with Gasteiger partial charge in [0.1, 0.15) is 5.52 Å². The predicted octanol–water partition coefficient (Wildman–Crippen LogP) is 4.79. The highest BCUT2D eigenvalue weighted by molar-refractivity contribution is 6.01. The van der Waals surface area contributed by atoms with Crippen molar-refractivity contribution in [2.45, 2.75) is 18.9 Å². The monoisotopic (exact) mass is 413 g/mol. The zero-order valence-electron chi connectivity index (χ0n) is 17.0. The van der Waals surface area contributed by atoms with Gasteiger partial charge in [0.05, 0.1) is 11.4 Å². The standard InChI is InChI=1S/C25H23N3O3/c29-25(27-23(17-10-13-30-14-11-17)20-7-4-12-26-16-20)19-8-9-22-21(15-19)24(31-28-22)18-5-2-1-3-6-18/h1-9,12,15-17,23H,10-11,13-14H2,(H,27,29). The van der Waals surface area contributed by atoms with Crippen molar-refractivity contribution in [3.05, 3.63) is 84.2 Å². The van der Waals surface area contributed by atoms with Crippen molar-refractivity contribution in [1.29, 1.82) is 0 Å². The maximum Gasteiger partial charge on any atom is 0.251 e. The second kappa shape index (κ2) is 8.70. The summed E-state index contributed by atoms with van der Waals surface area (Å²) in [5, 5.41) is 8.22. The number of hydrogen-bond acceptors (Lipinski definition) is 5. The second-order valence-electron chi connectivity index (χ2n) is 7.80. The van der Waals surface area contributed by atoms with E-state index in [2.05, 4.69) is 15.5 Å². The largest absolute Gasteiger partial charge is 0.381 e. The number of fused-ring (bicyclic) bond motifs is 1. The molecule has 0 radical (unpaired) electrons. The minimum absolute atomic E-state index is 0.114. The Morgan fingerprint density at radius 2 is 1.87 bits per heavy atom. The summed E-state index contributed by atoms with van der Waals surface area (Å²) < 4.78 is 11.1. The lowest BCUT2D eigenvalue weighted by Gasteiger charge is -2.31. The van der Waals surface area contributed by atoms with Gasteiger partial charge in [0.2, 0.25) is 0 Å². The lowest BCUT2D eigenvalue weighted by molar-refractivity contribution is 0.0513. The van der Waals surface area contributed by atoms with Gasteiger partial charge < -0.3 is 14.6 Å². The highest BCUT2D eigenvalue weighted by Crippen LogP contribution is 2.32. The minimum Gasteiger partial charge on any atom is -0.381 e. The maximum absolute atomic E-state index is 13.3. The Kier molecular flexibility index (Phi) is 5.46. The van der Waals surface area contributed by atoms with Crippen LogP contribution in [0.1, 0.15) is 34.8 Å². The molecule has 0 bridgehead atoms. The number of carbonyl (C=O) groups is 1. The Bertz CT molecular complexity index is 1170. The van der Waals surface area contributed by atoms with Gasteiger partial charge in [-0.05, 0) is 48.6 Å². The summed E-state index contributed by atoms with van der Waals surface area (Å²) in [6.45, 7) is 1.43. The normalized spacial score (nSPS) is 15.6. The number of ether oxygens (including phenoxy) is 1. The Balaban J connectivity index is 1.45. The third-order valence-electron chi connectivity index (χ3n) is 5.84. The number of amides is 1. The van der Waals surface area contributed by atoms with E-state index in [1.807, 2.05) is 60.8 Å². The van der Waals surface area contributed by atoms with Crippen LogP contribution in [0.25, 0.3) is 22.2 Å². The molecule has 1 amide bonds. The van der Waals surface area contributed by atoms with Crippen LogP contribution in [0.15, 0.2) is 77.6 Å². The van der Waals surface area contributed by atoms with E-state index in [4.69, 9.17) is 9.26 Å². The van der Waals surface area contributed by atoms with Crippen LogP contribution in [0.4, 0.5) is 0 Å². The molecule has 1 aliphatic heterocycles. The molecule has 1 unspecified atom stereocenters. The van der Waals surface area contributed by atoms with Gasteiger partial charge in [-0.15, -0.1) is 0 Å². The van der Waals surface area contributed by atoms with Gasteiger partial charge in [-0.3, -0.25) is 9.78 Å². The molecule has 2 aromatic heterocycles. The molecule has 0 aliphatic carbocycles. The lowest BCUT2D eigenvalue weighted by atomic mass is 9.87. The molecular formula is C25H23N3O3. The quantitative estimate of drug-likeness (QED) is 0.509. The molecule has 6 heteroatoms. The Hall–Kier alpha value is -3.51. The Morgan fingerprint density at radius 3 is 2.65 bits per heavy atom. The van der Waals surface area contributed by atoms with Gasteiger partial charge in [0.15, 0.2) is 5.76 Å². The molecule has 6 nitrogen and oxygen atoms in total. The fourth-order valence-corrected chi connectivity index (χ4v) is 4.19. The minimum atomic E-state index is -0.123. The number of nitrogens with zero attached hydrogens (tertiary/aromatic N) is 2.